The Balaban J connectivity index is 2.30. The van der Waals surface area contributed by atoms with Crippen LogP contribution in [0, 0.1) is 12.7 Å². The normalized spacial score (nSPS) is 10.3. The van der Waals surface area contributed by atoms with Gasteiger partial charge in [-0.1, -0.05) is 0 Å². The maximum absolute atomic E-state index is 13.6. The number of anilines is 2. The van der Waals surface area contributed by atoms with Gasteiger partial charge < -0.3 is 15.8 Å². The van der Waals surface area contributed by atoms with Crippen LogP contribution in [-0.4, -0.2) is 13.0 Å². The van der Waals surface area contributed by atoms with Crippen LogP contribution in [0.3, 0.4) is 0 Å². The Morgan fingerprint density at radius 2 is 2.00 bits per heavy atom. The van der Waals surface area contributed by atoms with Gasteiger partial charge in [0.05, 0.1) is 11.6 Å². The van der Waals surface area contributed by atoms with Crippen molar-refractivity contribution < 1.29 is 13.9 Å². The summed E-state index contributed by atoms with van der Waals surface area (Å²) in [5.41, 5.74) is 7.62. The van der Waals surface area contributed by atoms with E-state index in [2.05, 4.69) is 21.2 Å². The quantitative estimate of drug-likeness (QED) is 0.827. The molecule has 110 valence electrons. The zero-order valence-electron chi connectivity index (χ0n) is 11.5. The molecule has 0 fully saturated rings. The average molecular weight is 353 g/mol. The number of methoxy groups -OCH3 is 1. The Kier molecular flexibility index (Phi) is 4.47. The minimum Gasteiger partial charge on any atom is -0.497 e. The molecule has 2 aromatic rings. The summed E-state index contributed by atoms with van der Waals surface area (Å²) < 4.78 is 19.0. The van der Waals surface area contributed by atoms with Gasteiger partial charge >= 0.3 is 0 Å². The largest absolute Gasteiger partial charge is 0.497 e. The number of nitrogens with one attached hydrogen (secondary N) is 1. The Morgan fingerprint density at radius 1 is 1.29 bits per heavy atom. The van der Waals surface area contributed by atoms with Crippen LogP contribution in [0.5, 0.6) is 5.75 Å². The van der Waals surface area contributed by atoms with Gasteiger partial charge in [-0.3, -0.25) is 4.79 Å². The van der Waals surface area contributed by atoms with Crippen molar-refractivity contribution in [2.75, 3.05) is 18.2 Å². The van der Waals surface area contributed by atoms with Gasteiger partial charge in [-0.25, -0.2) is 4.39 Å². The highest BCUT2D eigenvalue weighted by molar-refractivity contribution is 9.10. The first-order valence-electron chi connectivity index (χ1n) is 6.12. The lowest BCUT2D eigenvalue weighted by molar-refractivity contribution is 0.102. The van der Waals surface area contributed by atoms with E-state index in [1.165, 1.54) is 19.2 Å². The summed E-state index contributed by atoms with van der Waals surface area (Å²) in [4.78, 5) is 12.2. The topological polar surface area (TPSA) is 64.3 Å². The molecule has 21 heavy (non-hydrogen) atoms. The summed E-state index contributed by atoms with van der Waals surface area (Å²) in [7, 11) is 1.49. The first-order valence-corrected chi connectivity index (χ1v) is 6.91. The highest BCUT2D eigenvalue weighted by Crippen LogP contribution is 2.25. The number of carbonyl (C=O) groups excluding carboxylic acids is 1. The van der Waals surface area contributed by atoms with Crippen LogP contribution in [0.25, 0.3) is 0 Å². The smallest absolute Gasteiger partial charge is 0.255 e. The van der Waals surface area contributed by atoms with E-state index in [0.717, 1.165) is 5.56 Å². The Morgan fingerprint density at radius 3 is 2.67 bits per heavy atom. The van der Waals surface area contributed by atoms with Crippen LogP contribution in [-0.2, 0) is 0 Å². The molecule has 0 saturated carbocycles. The third-order valence-corrected chi connectivity index (χ3v) is 3.55. The van der Waals surface area contributed by atoms with Crippen molar-refractivity contribution >= 4 is 33.2 Å². The third kappa shape index (κ3) is 3.52. The summed E-state index contributed by atoms with van der Waals surface area (Å²) in [6.07, 6.45) is 0. The van der Waals surface area contributed by atoms with Crippen LogP contribution in [0.2, 0.25) is 0 Å². The Hall–Kier alpha value is -2.08. The summed E-state index contributed by atoms with van der Waals surface area (Å²) in [6.45, 7) is 1.78. The number of nitrogens with two attached hydrogens (primary N) is 1. The third-order valence-electron chi connectivity index (χ3n) is 2.94. The fraction of sp³-hybridized carbons (Fsp3) is 0.133. The molecule has 0 bridgehead atoms. The van der Waals surface area contributed by atoms with E-state index < -0.39 is 5.82 Å². The van der Waals surface area contributed by atoms with Gasteiger partial charge in [-0.05, 0) is 52.7 Å². The molecule has 4 nitrogen and oxygen atoms in total. The maximum atomic E-state index is 13.6. The van der Waals surface area contributed by atoms with Crippen LogP contribution in [0.15, 0.2) is 34.8 Å². The first-order chi connectivity index (χ1) is 9.90. The van der Waals surface area contributed by atoms with Crippen LogP contribution in [0.4, 0.5) is 15.8 Å². The van der Waals surface area contributed by atoms with Gasteiger partial charge in [0.1, 0.15) is 11.6 Å². The second-order valence-electron chi connectivity index (χ2n) is 4.53. The molecule has 3 N–H and O–H groups in total. The van der Waals surface area contributed by atoms with Crippen molar-refractivity contribution in [2.45, 2.75) is 6.92 Å². The number of amides is 1. The predicted octanol–water partition coefficient (Wildman–Crippen LogP) is 3.74. The highest BCUT2D eigenvalue weighted by atomic mass is 79.9. The van der Waals surface area contributed by atoms with Gasteiger partial charge in [-0.15, -0.1) is 0 Å². The molecule has 0 aliphatic rings. The molecule has 0 saturated heterocycles. The molecular weight excluding hydrogens is 339 g/mol. The monoisotopic (exact) mass is 352 g/mol. The maximum Gasteiger partial charge on any atom is 0.255 e. The second kappa shape index (κ2) is 6.13. The number of hydrogen-bond acceptors (Lipinski definition) is 3. The second-order valence-corrected chi connectivity index (χ2v) is 5.38. The van der Waals surface area contributed by atoms with Crippen LogP contribution >= 0.6 is 15.9 Å². The summed E-state index contributed by atoms with van der Waals surface area (Å²) in [5, 5.41) is 2.66. The number of nitrogen functional groups attached to an aromatic ring is 1. The molecule has 1 amide bonds. The number of ether oxygens (including phenoxy) is 1. The molecule has 0 aliphatic heterocycles. The lowest BCUT2D eigenvalue weighted by atomic mass is 10.1. The lowest BCUT2D eigenvalue weighted by Crippen LogP contribution is -2.13. The van der Waals surface area contributed by atoms with Gasteiger partial charge in [0.2, 0.25) is 0 Å². The number of hydrogen-bond donors (Lipinski definition) is 2. The van der Waals surface area contributed by atoms with Crippen molar-refractivity contribution in [3.8, 4) is 5.75 Å². The Bertz CT molecular complexity index is 704. The van der Waals surface area contributed by atoms with Crippen LogP contribution in [0.1, 0.15) is 15.9 Å². The van der Waals surface area contributed by atoms with E-state index >= 15 is 0 Å². The molecule has 0 atom stereocenters. The standard InChI is InChI=1S/C15H14BrFN2O2/c1-8-3-12(16)13(17)7-14(8)19-15(20)9-4-10(18)6-11(5-9)21-2/h3-7H,18H2,1-2H3,(H,19,20). The lowest BCUT2D eigenvalue weighted by Gasteiger charge is -2.11. The van der Waals surface area contributed by atoms with Crippen LogP contribution < -0.4 is 15.8 Å². The highest BCUT2D eigenvalue weighted by Gasteiger charge is 2.12. The minimum absolute atomic E-state index is 0.342. The van der Waals surface area contributed by atoms with Gasteiger partial charge in [0.25, 0.3) is 5.91 Å². The molecule has 0 aliphatic carbocycles. The van der Waals surface area contributed by atoms with E-state index in [1.54, 1.807) is 25.1 Å². The first kappa shape index (κ1) is 15.3. The molecule has 0 heterocycles. The summed E-state index contributed by atoms with van der Waals surface area (Å²) in [6, 6.07) is 7.58. The van der Waals surface area contributed by atoms with E-state index in [1.807, 2.05) is 0 Å². The molecule has 2 aromatic carbocycles. The van der Waals surface area contributed by atoms with Crippen molar-refractivity contribution in [1.29, 1.82) is 0 Å². The van der Waals surface area contributed by atoms with Crippen molar-refractivity contribution in [3.63, 3.8) is 0 Å². The van der Waals surface area contributed by atoms with E-state index in [0.29, 0.717) is 27.2 Å². The Labute approximate surface area is 130 Å². The van der Waals surface area contributed by atoms with E-state index in [9.17, 15) is 9.18 Å². The molecular formula is C15H14BrFN2O2. The van der Waals surface area contributed by atoms with Crippen molar-refractivity contribution in [1.82, 2.24) is 0 Å². The van der Waals surface area contributed by atoms with E-state index in [-0.39, 0.29) is 5.91 Å². The fourth-order valence-electron chi connectivity index (χ4n) is 1.85. The predicted molar refractivity (Wildman–Crippen MR) is 84.2 cm³/mol. The molecule has 6 heteroatoms. The molecule has 2 rings (SSSR count). The molecule has 0 unspecified atom stereocenters. The number of carbonyl (C=O) groups is 1. The van der Waals surface area contributed by atoms with Crippen molar-refractivity contribution in [3.05, 3.63) is 51.7 Å². The van der Waals surface area contributed by atoms with E-state index in [4.69, 9.17) is 10.5 Å². The molecule has 0 radical (unpaired) electrons. The summed E-state index contributed by atoms with van der Waals surface area (Å²) >= 11 is 3.10. The van der Waals surface area contributed by atoms with Crippen molar-refractivity contribution in [2.24, 2.45) is 0 Å². The molecule has 0 spiro atoms. The number of halogens is 2. The molecule has 0 aromatic heterocycles. The van der Waals surface area contributed by atoms with Gasteiger partial charge in [0, 0.05) is 23.0 Å². The minimum atomic E-state index is -0.443. The average Bonchev–Trinajstić information content (AvgIpc) is 2.43. The van der Waals surface area contributed by atoms with Gasteiger partial charge in [0.15, 0.2) is 0 Å². The zero-order valence-corrected chi connectivity index (χ0v) is 13.1. The zero-order chi connectivity index (χ0) is 15.6. The van der Waals surface area contributed by atoms with Gasteiger partial charge in [-0.2, -0.15) is 0 Å². The number of benzene rings is 2. The fourth-order valence-corrected chi connectivity index (χ4v) is 2.30. The number of rotatable bonds is 3. The summed E-state index contributed by atoms with van der Waals surface area (Å²) in [5.74, 6) is -0.342. The SMILES string of the molecule is COc1cc(N)cc(C(=O)Nc2cc(F)c(Br)cc2C)c1. The number of aryl methyl sites for hydroxylation is 1.